The zero-order chi connectivity index (χ0) is 16.4. The van der Waals surface area contributed by atoms with Crippen molar-refractivity contribution < 1.29 is 9.90 Å². The Morgan fingerprint density at radius 1 is 1.43 bits per heavy atom. The van der Waals surface area contributed by atoms with Crippen molar-refractivity contribution in [2.24, 2.45) is 7.05 Å². The molecule has 3 N–H and O–H groups in total. The van der Waals surface area contributed by atoms with Crippen molar-refractivity contribution in [3.63, 3.8) is 0 Å². The van der Waals surface area contributed by atoms with Crippen LogP contribution in [0.25, 0.3) is 0 Å². The SMILES string of the molecule is Cc1cc(NC(=O)NCC2(O)CCCc3ccccc32)nn1C. The molecule has 1 aromatic heterocycles. The average Bonchev–Trinajstić information content (AvgIpc) is 2.84. The number of rotatable bonds is 3. The molecule has 23 heavy (non-hydrogen) atoms. The highest BCUT2D eigenvalue weighted by molar-refractivity contribution is 5.88. The number of carbonyl (C=O) groups excluding carboxylic acids is 1. The van der Waals surface area contributed by atoms with Gasteiger partial charge in [0.2, 0.25) is 0 Å². The fourth-order valence-electron chi connectivity index (χ4n) is 3.09. The van der Waals surface area contributed by atoms with Crippen LogP contribution in [0.3, 0.4) is 0 Å². The van der Waals surface area contributed by atoms with E-state index in [4.69, 9.17) is 0 Å². The second kappa shape index (κ2) is 6.04. The molecule has 122 valence electrons. The molecule has 0 spiro atoms. The summed E-state index contributed by atoms with van der Waals surface area (Å²) in [5.74, 6) is 0.499. The maximum absolute atomic E-state index is 12.0. The molecule has 0 fully saturated rings. The first-order valence-corrected chi connectivity index (χ1v) is 7.84. The second-order valence-electron chi connectivity index (χ2n) is 6.14. The lowest BCUT2D eigenvalue weighted by molar-refractivity contribution is 0.0221. The minimum atomic E-state index is -1.01. The smallest absolute Gasteiger partial charge is 0.320 e. The van der Waals surface area contributed by atoms with Gasteiger partial charge in [0.1, 0.15) is 5.60 Å². The van der Waals surface area contributed by atoms with E-state index in [1.54, 1.807) is 10.7 Å². The molecular formula is C17H22N4O2. The van der Waals surface area contributed by atoms with Crippen molar-refractivity contribution in [3.8, 4) is 0 Å². The summed E-state index contributed by atoms with van der Waals surface area (Å²) >= 11 is 0. The molecule has 1 atom stereocenters. The number of nitrogens with one attached hydrogen (secondary N) is 2. The second-order valence-corrected chi connectivity index (χ2v) is 6.14. The molecule has 6 heteroatoms. The Bertz CT molecular complexity index is 706. The summed E-state index contributed by atoms with van der Waals surface area (Å²) in [6.45, 7) is 2.10. The third-order valence-corrected chi connectivity index (χ3v) is 4.45. The number of benzene rings is 1. The van der Waals surface area contributed by atoms with Crippen LogP contribution in [0.1, 0.15) is 29.7 Å². The number of hydrogen-bond donors (Lipinski definition) is 3. The molecule has 1 aliphatic rings. The maximum Gasteiger partial charge on any atom is 0.320 e. The van der Waals surface area contributed by atoms with Crippen molar-refractivity contribution >= 4 is 11.8 Å². The van der Waals surface area contributed by atoms with Crippen LogP contribution in [0.4, 0.5) is 10.6 Å². The largest absolute Gasteiger partial charge is 0.383 e. The Morgan fingerprint density at radius 2 is 2.22 bits per heavy atom. The number of aromatic nitrogens is 2. The number of nitrogens with zero attached hydrogens (tertiary/aromatic N) is 2. The summed E-state index contributed by atoms with van der Waals surface area (Å²) in [4.78, 5) is 12.0. The first kappa shape index (κ1) is 15.6. The molecule has 1 aliphatic carbocycles. The number of aliphatic hydroxyl groups is 1. The number of carbonyl (C=O) groups is 1. The van der Waals surface area contributed by atoms with Gasteiger partial charge in [-0.05, 0) is 37.3 Å². The van der Waals surface area contributed by atoms with Gasteiger partial charge in [0.15, 0.2) is 5.82 Å². The molecule has 2 amide bonds. The van der Waals surface area contributed by atoms with Gasteiger partial charge in [0.05, 0.1) is 6.54 Å². The number of urea groups is 1. The fourth-order valence-corrected chi connectivity index (χ4v) is 3.09. The molecule has 1 aromatic carbocycles. The van der Waals surface area contributed by atoms with Crippen LogP contribution in [-0.4, -0.2) is 27.5 Å². The van der Waals surface area contributed by atoms with Crippen molar-refractivity contribution in [1.29, 1.82) is 0 Å². The van der Waals surface area contributed by atoms with Crippen molar-refractivity contribution in [1.82, 2.24) is 15.1 Å². The highest BCUT2D eigenvalue weighted by atomic mass is 16.3. The Hall–Kier alpha value is -2.34. The van der Waals surface area contributed by atoms with Gasteiger partial charge in [-0.1, -0.05) is 24.3 Å². The van der Waals surface area contributed by atoms with Gasteiger partial charge in [-0.15, -0.1) is 0 Å². The highest BCUT2D eigenvalue weighted by Crippen LogP contribution is 2.34. The first-order chi connectivity index (χ1) is 11.0. The summed E-state index contributed by atoms with van der Waals surface area (Å²) < 4.78 is 1.69. The minimum Gasteiger partial charge on any atom is -0.383 e. The monoisotopic (exact) mass is 314 g/mol. The molecular weight excluding hydrogens is 292 g/mol. The molecule has 0 aliphatic heterocycles. The van der Waals surface area contributed by atoms with Crippen LogP contribution >= 0.6 is 0 Å². The highest BCUT2D eigenvalue weighted by Gasteiger charge is 2.34. The third kappa shape index (κ3) is 3.22. The first-order valence-electron chi connectivity index (χ1n) is 7.84. The zero-order valence-electron chi connectivity index (χ0n) is 13.5. The summed E-state index contributed by atoms with van der Waals surface area (Å²) in [6, 6.07) is 9.32. The van der Waals surface area contributed by atoms with Crippen LogP contribution in [0, 0.1) is 6.92 Å². The van der Waals surface area contributed by atoms with Crippen molar-refractivity contribution in [2.75, 3.05) is 11.9 Å². The van der Waals surface area contributed by atoms with Gasteiger partial charge in [0, 0.05) is 18.8 Å². The molecule has 1 unspecified atom stereocenters. The number of amides is 2. The van der Waals surface area contributed by atoms with E-state index < -0.39 is 5.60 Å². The lowest BCUT2D eigenvalue weighted by atomic mass is 9.79. The number of anilines is 1. The molecule has 3 rings (SSSR count). The summed E-state index contributed by atoms with van der Waals surface area (Å²) in [6.07, 6.45) is 2.53. The van der Waals surface area contributed by atoms with Gasteiger partial charge in [-0.3, -0.25) is 10.00 Å². The quantitative estimate of drug-likeness (QED) is 0.811. The van der Waals surface area contributed by atoms with E-state index in [0.717, 1.165) is 29.7 Å². The lowest BCUT2D eigenvalue weighted by Gasteiger charge is -2.34. The molecule has 0 bridgehead atoms. The summed E-state index contributed by atoms with van der Waals surface area (Å²) in [5, 5.41) is 20.6. The van der Waals surface area contributed by atoms with E-state index in [1.807, 2.05) is 38.2 Å². The lowest BCUT2D eigenvalue weighted by Crippen LogP contribution is -2.44. The van der Waals surface area contributed by atoms with Crippen molar-refractivity contribution in [2.45, 2.75) is 31.8 Å². The van der Waals surface area contributed by atoms with Crippen LogP contribution in [0.5, 0.6) is 0 Å². The Morgan fingerprint density at radius 3 is 2.96 bits per heavy atom. The average molecular weight is 314 g/mol. The Labute approximate surface area is 135 Å². The normalized spacial score (nSPS) is 20.0. The molecule has 6 nitrogen and oxygen atoms in total. The Kier molecular flexibility index (Phi) is 4.09. The molecule has 1 heterocycles. The summed E-state index contributed by atoms with van der Waals surface area (Å²) in [5.41, 5.74) is 2.02. The van der Waals surface area contributed by atoms with Gasteiger partial charge >= 0.3 is 6.03 Å². The van der Waals surface area contributed by atoms with Crippen LogP contribution < -0.4 is 10.6 Å². The minimum absolute atomic E-state index is 0.182. The van der Waals surface area contributed by atoms with Crippen LogP contribution in [0.2, 0.25) is 0 Å². The number of aryl methyl sites for hydroxylation is 3. The van der Waals surface area contributed by atoms with Gasteiger partial charge in [0.25, 0.3) is 0 Å². The fraction of sp³-hybridized carbons (Fsp3) is 0.412. The van der Waals surface area contributed by atoms with Gasteiger partial charge < -0.3 is 10.4 Å². The molecule has 0 radical (unpaired) electrons. The summed E-state index contributed by atoms with van der Waals surface area (Å²) in [7, 11) is 1.82. The van der Waals surface area contributed by atoms with E-state index in [2.05, 4.69) is 15.7 Å². The topological polar surface area (TPSA) is 79.2 Å². The van der Waals surface area contributed by atoms with Gasteiger partial charge in [-0.2, -0.15) is 5.10 Å². The van der Waals surface area contributed by atoms with E-state index >= 15 is 0 Å². The van der Waals surface area contributed by atoms with E-state index in [-0.39, 0.29) is 12.6 Å². The van der Waals surface area contributed by atoms with Crippen LogP contribution in [-0.2, 0) is 19.1 Å². The van der Waals surface area contributed by atoms with E-state index in [0.29, 0.717) is 12.2 Å². The zero-order valence-corrected chi connectivity index (χ0v) is 13.5. The van der Waals surface area contributed by atoms with Gasteiger partial charge in [-0.25, -0.2) is 4.79 Å². The van der Waals surface area contributed by atoms with E-state index in [1.165, 1.54) is 0 Å². The standard InChI is InChI=1S/C17H22N4O2/c1-12-10-15(20-21(12)2)19-16(22)18-11-17(23)9-5-7-13-6-3-4-8-14(13)17/h3-4,6,8,10,23H,5,7,9,11H2,1-2H3,(H2,18,19,20,22). The third-order valence-electron chi connectivity index (χ3n) is 4.45. The molecule has 2 aromatic rings. The van der Waals surface area contributed by atoms with E-state index in [9.17, 15) is 9.90 Å². The number of hydrogen-bond acceptors (Lipinski definition) is 3. The predicted octanol–water partition coefficient (Wildman–Crippen LogP) is 2.07. The molecule has 0 saturated carbocycles. The van der Waals surface area contributed by atoms with Crippen LogP contribution in [0.15, 0.2) is 30.3 Å². The van der Waals surface area contributed by atoms with Crippen molar-refractivity contribution in [3.05, 3.63) is 47.2 Å². The Balaban J connectivity index is 1.65. The number of fused-ring (bicyclic) bond motifs is 1. The maximum atomic E-state index is 12.0. The molecule has 0 saturated heterocycles. The predicted molar refractivity (Wildman–Crippen MR) is 88.2 cm³/mol.